The van der Waals surface area contributed by atoms with Gasteiger partial charge in [0.15, 0.2) is 0 Å². The fourth-order valence-electron chi connectivity index (χ4n) is 1.99. The van der Waals surface area contributed by atoms with Crippen LogP contribution in [0.1, 0.15) is 61.6 Å². The Morgan fingerprint density at radius 1 is 1.15 bits per heavy atom. The van der Waals surface area contributed by atoms with Crippen LogP contribution in [0.2, 0.25) is 0 Å². The molecule has 0 saturated carbocycles. The molecule has 3 nitrogen and oxygen atoms in total. The van der Waals surface area contributed by atoms with Gasteiger partial charge in [0.1, 0.15) is 5.01 Å². The van der Waals surface area contributed by atoms with Gasteiger partial charge in [-0.1, -0.05) is 19.9 Å². The first-order valence-electron chi connectivity index (χ1n) is 7.11. The van der Waals surface area contributed by atoms with E-state index in [9.17, 15) is 0 Å². The van der Waals surface area contributed by atoms with E-state index >= 15 is 0 Å². The van der Waals surface area contributed by atoms with Crippen molar-refractivity contribution in [3.05, 3.63) is 45.7 Å². The highest BCUT2D eigenvalue weighted by Gasteiger charge is 2.19. The third kappa shape index (κ3) is 3.64. The molecule has 2 heterocycles. The molecule has 108 valence electrons. The summed E-state index contributed by atoms with van der Waals surface area (Å²) in [4.78, 5) is 9.20. The molecule has 0 radical (unpaired) electrons. The van der Waals surface area contributed by atoms with Gasteiger partial charge in [0.25, 0.3) is 0 Å². The van der Waals surface area contributed by atoms with Crippen LogP contribution >= 0.6 is 11.3 Å². The molecule has 2 aromatic rings. The molecule has 1 atom stereocenters. The summed E-state index contributed by atoms with van der Waals surface area (Å²) in [6.07, 6.45) is 1.95. The zero-order valence-electron chi connectivity index (χ0n) is 12.8. The van der Waals surface area contributed by atoms with Crippen molar-refractivity contribution in [1.82, 2.24) is 15.3 Å². The van der Waals surface area contributed by atoms with Crippen molar-refractivity contribution in [2.45, 2.75) is 52.6 Å². The number of hydrogen-bond donors (Lipinski definition) is 1. The van der Waals surface area contributed by atoms with Gasteiger partial charge >= 0.3 is 0 Å². The van der Waals surface area contributed by atoms with E-state index in [0.29, 0.717) is 12.0 Å². The van der Waals surface area contributed by atoms with Crippen molar-refractivity contribution < 1.29 is 0 Å². The van der Waals surface area contributed by atoms with Crippen LogP contribution in [0.5, 0.6) is 0 Å². The predicted octanol–water partition coefficient (Wildman–Crippen LogP) is 4.06. The van der Waals surface area contributed by atoms with E-state index in [-0.39, 0.29) is 6.04 Å². The number of aryl methyl sites for hydroxylation is 1. The zero-order valence-corrected chi connectivity index (χ0v) is 13.7. The standard InChI is InChI=1S/C16H23N3S/c1-10(2)14-9-20-16(19-14)15(18-11(3)4)13-7-6-12(5)17-8-13/h6-11,15,18H,1-5H3. The Morgan fingerprint density at radius 3 is 2.40 bits per heavy atom. The van der Waals surface area contributed by atoms with Crippen LogP contribution in [-0.4, -0.2) is 16.0 Å². The van der Waals surface area contributed by atoms with Crippen molar-refractivity contribution >= 4 is 11.3 Å². The van der Waals surface area contributed by atoms with E-state index in [1.807, 2.05) is 13.1 Å². The Bertz CT molecular complexity index is 543. The lowest BCUT2D eigenvalue weighted by Gasteiger charge is -2.19. The lowest BCUT2D eigenvalue weighted by Crippen LogP contribution is -2.29. The predicted molar refractivity (Wildman–Crippen MR) is 85.3 cm³/mol. The largest absolute Gasteiger partial charge is 0.302 e. The Morgan fingerprint density at radius 2 is 1.90 bits per heavy atom. The fraction of sp³-hybridized carbons (Fsp3) is 0.500. The molecular formula is C16H23N3S. The number of aromatic nitrogens is 2. The quantitative estimate of drug-likeness (QED) is 0.902. The third-order valence-corrected chi connectivity index (χ3v) is 4.07. The van der Waals surface area contributed by atoms with Crippen molar-refractivity contribution in [1.29, 1.82) is 0 Å². The van der Waals surface area contributed by atoms with Crippen LogP contribution in [0.15, 0.2) is 23.7 Å². The summed E-state index contributed by atoms with van der Waals surface area (Å²) in [7, 11) is 0. The molecule has 1 N–H and O–H groups in total. The van der Waals surface area contributed by atoms with Crippen LogP contribution in [-0.2, 0) is 0 Å². The number of rotatable bonds is 5. The van der Waals surface area contributed by atoms with Gasteiger partial charge in [0, 0.05) is 23.3 Å². The molecule has 1 unspecified atom stereocenters. The highest BCUT2D eigenvalue weighted by Crippen LogP contribution is 2.27. The minimum absolute atomic E-state index is 0.126. The molecule has 0 aromatic carbocycles. The summed E-state index contributed by atoms with van der Waals surface area (Å²) < 4.78 is 0. The minimum Gasteiger partial charge on any atom is -0.302 e. The zero-order chi connectivity index (χ0) is 14.7. The van der Waals surface area contributed by atoms with Crippen molar-refractivity contribution in [2.75, 3.05) is 0 Å². The number of hydrogen-bond acceptors (Lipinski definition) is 4. The maximum absolute atomic E-state index is 4.79. The molecule has 0 spiro atoms. The Balaban J connectivity index is 2.33. The summed E-state index contributed by atoms with van der Waals surface area (Å²) in [6, 6.07) is 4.72. The van der Waals surface area contributed by atoms with Gasteiger partial charge in [-0.25, -0.2) is 4.98 Å². The second-order valence-electron chi connectivity index (χ2n) is 5.75. The van der Waals surface area contributed by atoms with E-state index in [1.54, 1.807) is 11.3 Å². The third-order valence-electron chi connectivity index (χ3n) is 3.15. The summed E-state index contributed by atoms with van der Waals surface area (Å²) in [5.41, 5.74) is 3.38. The van der Waals surface area contributed by atoms with Gasteiger partial charge in [-0.2, -0.15) is 0 Å². The van der Waals surface area contributed by atoms with Crippen LogP contribution in [0, 0.1) is 6.92 Å². The number of nitrogens with zero attached hydrogens (tertiary/aromatic N) is 2. The number of pyridine rings is 1. The molecule has 2 aromatic heterocycles. The minimum atomic E-state index is 0.126. The second-order valence-corrected chi connectivity index (χ2v) is 6.64. The van der Waals surface area contributed by atoms with Crippen LogP contribution in [0.25, 0.3) is 0 Å². The summed E-state index contributed by atoms with van der Waals surface area (Å²) >= 11 is 1.73. The average Bonchev–Trinajstić information content (AvgIpc) is 2.86. The molecule has 0 fully saturated rings. The summed E-state index contributed by atoms with van der Waals surface area (Å²) in [5, 5.41) is 6.87. The van der Waals surface area contributed by atoms with Gasteiger partial charge < -0.3 is 5.32 Å². The number of nitrogens with one attached hydrogen (secondary N) is 1. The van der Waals surface area contributed by atoms with Gasteiger partial charge in [0.2, 0.25) is 0 Å². The summed E-state index contributed by atoms with van der Waals surface area (Å²) in [5.74, 6) is 0.468. The molecule has 0 saturated heterocycles. The molecule has 2 rings (SSSR count). The first kappa shape index (κ1) is 15.1. The van der Waals surface area contributed by atoms with Gasteiger partial charge in [0.05, 0.1) is 11.7 Å². The molecule has 0 aliphatic heterocycles. The molecule has 0 aliphatic carbocycles. The highest BCUT2D eigenvalue weighted by molar-refractivity contribution is 7.09. The average molecular weight is 289 g/mol. The Labute approximate surface area is 125 Å². The molecule has 4 heteroatoms. The van der Waals surface area contributed by atoms with E-state index in [1.165, 1.54) is 11.3 Å². The maximum Gasteiger partial charge on any atom is 0.114 e. The first-order valence-corrected chi connectivity index (χ1v) is 7.99. The SMILES string of the molecule is Cc1ccc(C(NC(C)C)c2nc(C(C)C)cs2)cn1. The fourth-order valence-corrected chi connectivity index (χ4v) is 3.06. The summed E-state index contributed by atoms with van der Waals surface area (Å²) in [6.45, 7) is 10.7. The lowest BCUT2D eigenvalue weighted by molar-refractivity contribution is 0.524. The Kier molecular flexibility index (Phi) is 4.89. The normalized spacial score (nSPS) is 13.2. The molecule has 0 aliphatic rings. The molecular weight excluding hydrogens is 266 g/mol. The maximum atomic E-state index is 4.79. The van der Waals surface area contributed by atoms with Gasteiger partial charge in [-0.05, 0) is 38.3 Å². The van der Waals surface area contributed by atoms with Crippen LogP contribution in [0.4, 0.5) is 0 Å². The van der Waals surface area contributed by atoms with Crippen molar-refractivity contribution in [3.63, 3.8) is 0 Å². The molecule has 20 heavy (non-hydrogen) atoms. The van der Waals surface area contributed by atoms with E-state index in [0.717, 1.165) is 10.7 Å². The van der Waals surface area contributed by atoms with Crippen molar-refractivity contribution in [2.24, 2.45) is 0 Å². The van der Waals surface area contributed by atoms with Crippen molar-refractivity contribution in [3.8, 4) is 0 Å². The lowest BCUT2D eigenvalue weighted by atomic mass is 10.1. The van der Waals surface area contributed by atoms with Crippen LogP contribution < -0.4 is 5.32 Å². The number of thiazole rings is 1. The topological polar surface area (TPSA) is 37.8 Å². The highest BCUT2D eigenvalue weighted by atomic mass is 32.1. The van der Waals surface area contributed by atoms with E-state index in [4.69, 9.17) is 4.98 Å². The van der Waals surface area contributed by atoms with E-state index in [2.05, 4.69) is 55.5 Å². The molecule has 0 amide bonds. The molecule has 0 bridgehead atoms. The second kappa shape index (κ2) is 6.46. The first-order chi connectivity index (χ1) is 9.47. The monoisotopic (exact) mass is 289 g/mol. The van der Waals surface area contributed by atoms with Gasteiger partial charge in [-0.3, -0.25) is 4.98 Å². The smallest absolute Gasteiger partial charge is 0.114 e. The van der Waals surface area contributed by atoms with Gasteiger partial charge in [-0.15, -0.1) is 11.3 Å². The Hall–Kier alpha value is -1.26. The van der Waals surface area contributed by atoms with Crippen LogP contribution in [0.3, 0.4) is 0 Å². The van der Waals surface area contributed by atoms with E-state index < -0.39 is 0 Å².